The van der Waals surface area contributed by atoms with E-state index in [-0.39, 0.29) is 11.4 Å². The Balaban J connectivity index is 1.95. The number of hydrogen-bond donors (Lipinski definition) is 0. The molecule has 2 aromatic heterocycles. The van der Waals surface area contributed by atoms with Crippen LogP contribution < -0.4 is 0 Å². The van der Waals surface area contributed by atoms with Gasteiger partial charge in [-0.05, 0) is 30.3 Å². The summed E-state index contributed by atoms with van der Waals surface area (Å²) < 4.78 is 0. The van der Waals surface area contributed by atoms with E-state index in [1.807, 2.05) is 12.1 Å². The Hall–Kier alpha value is -3.33. The molecule has 0 amide bonds. The summed E-state index contributed by atoms with van der Waals surface area (Å²) in [6.07, 6.45) is 3.24. The lowest BCUT2D eigenvalue weighted by molar-refractivity contribution is -0.396. The fourth-order valence-corrected chi connectivity index (χ4v) is 3.03. The summed E-state index contributed by atoms with van der Waals surface area (Å²) in [5.41, 5.74) is 0.689. The third kappa shape index (κ3) is 3.78. The Labute approximate surface area is 145 Å². The summed E-state index contributed by atoms with van der Waals surface area (Å²) in [5.74, 6) is 0. The monoisotopic (exact) mass is 354 g/mol. The Bertz CT molecular complexity index is 950. The molecular weight excluding hydrogens is 344 g/mol. The van der Waals surface area contributed by atoms with Crippen molar-refractivity contribution in [2.45, 2.75) is 9.79 Å². The zero-order valence-electron chi connectivity index (χ0n) is 12.6. The summed E-state index contributed by atoms with van der Waals surface area (Å²) in [6.45, 7) is 0. The van der Waals surface area contributed by atoms with Crippen LogP contribution in [0.3, 0.4) is 0 Å². The number of nitro benzene ring substituents is 2. The number of non-ortho nitro benzene ring substituents is 1. The normalized spacial score (nSPS) is 10.4. The first-order valence-electron chi connectivity index (χ1n) is 7.03. The van der Waals surface area contributed by atoms with Crippen LogP contribution in [0.15, 0.2) is 70.7 Å². The molecule has 3 rings (SSSR count). The van der Waals surface area contributed by atoms with E-state index >= 15 is 0 Å². The maximum absolute atomic E-state index is 11.2. The van der Waals surface area contributed by atoms with Crippen molar-refractivity contribution in [1.29, 1.82) is 0 Å². The number of aromatic nitrogens is 2. The summed E-state index contributed by atoms with van der Waals surface area (Å²) >= 11 is 1.14. The first kappa shape index (κ1) is 16.5. The summed E-state index contributed by atoms with van der Waals surface area (Å²) in [6, 6.07) is 12.5. The second kappa shape index (κ2) is 7.05. The molecule has 0 bridgehead atoms. The van der Waals surface area contributed by atoms with Crippen LogP contribution >= 0.6 is 11.8 Å². The van der Waals surface area contributed by atoms with E-state index in [1.165, 1.54) is 12.1 Å². The van der Waals surface area contributed by atoms with Gasteiger partial charge >= 0.3 is 0 Å². The Morgan fingerprint density at radius 3 is 2.32 bits per heavy atom. The van der Waals surface area contributed by atoms with Crippen LogP contribution in [-0.4, -0.2) is 19.8 Å². The van der Waals surface area contributed by atoms with Crippen LogP contribution in [0.5, 0.6) is 0 Å². The van der Waals surface area contributed by atoms with Crippen molar-refractivity contribution >= 4 is 23.1 Å². The van der Waals surface area contributed by atoms with Crippen molar-refractivity contribution in [3.8, 4) is 11.4 Å². The van der Waals surface area contributed by atoms with E-state index in [9.17, 15) is 20.2 Å². The average molecular weight is 354 g/mol. The second-order valence-electron chi connectivity index (χ2n) is 4.86. The summed E-state index contributed by atoms with van der Waals surface area (Å²) in [7, 11) is 0. The molecule has 2 heterocycles. The highest BCUT2D eigenvalue weighted by atomic mass is 32.2. The Kier molecular flexibility index (Phi) is 4.66. The van der Waals surface area contributed by atoms with Crippen LogP contribution in [0.1, 0.15) is 0 Å². The molecular formula is C16H10N4O4S. The van der Waals surface area contributed by atoms with Crippen LogP contribution in [-0.2, 0) is 0 Å². The largest absolute Gasteiger partial charge is 0.290 e. The number of nitro groups is 2. The average Bonchev–Trinajstić information content (AvgIpc) is 2.62. The summed E-state index contributed by atoms with van der Waals surface area (Å²) in [5, 5.41) is 22.0. The van der Waals surface area contributed by atoms with Crippen molar-refractivity contribution in [2.24, 2.45) is 0 Å². The molecule has 124 valence electrons. The quantitative estimate of drug-likeness (QED) is 0.500. The lowest BCUT2D eigenvalue weighted by Gasteiger charge is -2.05. The highest BCUT2D eigenvalue weighted by molar-refractivity contribution is 7.99. The molecule has 9 heteroatoms. The van der Waals surface area contributed by atoms with Crippen LogP contribution in [0, 0.1) is 20.2 Å². The molecule has 0 spiro atoms. The van der Waals surface area contributed by atoms with Gasteiger partial charge in [0.15, 0.2) is 0 Å². The van der Waals surface area contributed by atoms with Crippen molar-refractivity contribution in [3.63, 3.8) is 0 Å². The predicted molar refractivity (Wildman–Crippen MR) is 91.3 cm³/mol. The molecule has 0 unspecified atom stereocenters. The number of hydrogen-bond acceptors (Lipinski definition) is 7. The molecule has 8 nitrogen and oxygen atoms in total. The fraction of sp³-hybridized carbons (Fsp3) is 0. The van der Waals surface area contributed by atoms with Gasteiger partial charge in [-0.1, -0.05) is 17.8 Å². The third-order valence-corrected chi connectivity index (χ3v) is 4.29. The number of nitrogens with zero attached hydrogens (tertiary/aromatic N) is 4. The van der Waals surface area contributed by atoms with Gasteiger partial charge in [0, 0.05) is 23.4 Å². The molecule has 0 N–H and O–H groups in total. The number of benzene rings is 1. The molecule has 0 aliphatic carbocycles. The SMILES string of the molecule is O=[N+]([O-])c1ccc(Sc2ccnc(-c3ccccn3)c2)c([N+](=O)[O-])c1. The molecule has 0 fully saturated rings. The van der Waals surface area contributed by atoms with E-state index in [4.69, 9.17) is 0 Å². The van der Waals surface area contributed by atoms with Gasteiger partial charge in [0.2, 0.25) is 0 Å². The number of rotatable bonds is 5. The van der Waals surface area contributed by atoms with Gasteiger partial charge in [-0.3, -0.25) is 30.2 Å². The van der Waals surface area contributed by atoms with Crippen LogP contribution in [0.25, 0.3) is 11.4 Å². The smallest absolute Gasteiger partial charge is 0.258 e. The van der Waals surface area contributed by atoms with Gasteiger partial charge in [0.1, 0.15) is 0 Å². The van der Waals surface area contributed by atoms with Gasteiger partial charge in [0.05, 0.1) is 32.2 Å². The molecule has 0 saturated carbocycles. The molecule has 0 aliphatic heterocycles. The van der Waals surface area contributed by atoms with E-state index < -0.39 is 9.85 Å². The molecule has 0 atom stereocenters. The van der Waals surface area contributed by atoms with Crippen molar-refractivity contribution < 1.29 is 9.85 Å². The molecule has 0 saturated heterocycles. The van der Waals surface area contributed by atoms with Gasteiger partial charge in [-0.15, -0.1) is 0 Å². The second-order valence-corrected chi connectivity index (χ2v) is 5.98. The molecule has 25 heavy (non-hydrogen) atoms. The highest BCUT2D eigenvalue weighted by Crippen LogP contribution is 2.37. The zero-order chi connectivity index (χ0) is 17.8. The lowest BCUT2D eigenvalue weighted by Crippen LogP contribution is -1.94. The Morgan fingerprint density at radius 1 is 0.840 bits per heavy atom. The van der Waals surface area contributed by atoms with Gasteiger partial charge < -0.3 is 0 Å². The van der Waals surface area contributed by atoms with Gasteiger partial charge in [-0.2, -0.15) is 0 Å². The molecule has 3 aromatic rings. The highest BCUT2D eigenvalue weighted by Gasteiger charge is 2.20. The van der Waals surface area contributed by atoms with Gasteiger partial charge in [-0.25, -0.2) is 0 Å². The van der Waals surface area contributed by atoms with E-state index in [0.717, 1.165) is 17.8 Å². The third-order valence-electron chi connectivity index (χ3n) is 3.24. The van der Waals surface area contributed by atoms with Crippen LogP contribution in [0.4, 0.5) is 11.4 Å². The number of pyridine rings is 2. The fourth-order valence-electron chi connectivity index (χ4n) is 2.10. The molecule has 0 aliphatic rings. The lowest BCUT2D eigenvalue weighted by atomic mass is 10.2. The maximum atomic E-state index is 11.2. The summed E-state index contributed by atoms with van der Waals surface area (Å²) in [4.78, 5) is 30.2. The minimum atomic E-state index is -0.660. The van der Waals surface area contributed by atoms with Gasteiger partial charge in [0.25, 0.3) is 11.4 Å². The van der Waals surface area contributed by atoms with Crippen molar-refractivity contribution in [3.05, 3.63) is 81.2 Å². The first-order chi connectivity index (χ1) is 12.0. The standard InChI is InChI=1S/C16H10N4O4S/c21-19(22)11-4-5-16(15(9-11)20(23)24)25-12-6-8-18-14(10-12)13-3-1-2-7-17-13/h1-10H. The predicted octanol–water partition coefficient (Wildman–Crippen LogP) is 4.11. The molecule has 0 radical (unpaired) electrons. The topological polar surface area (TPSA) is 112 Å². The minimum absolute atomic E-state index is 0.310. The zero-order valence-corrected chi connectivity index (χ0v) is 13.4. The van der Waals surface area contributed by atoms with Crippen molar-refractivity contribution in [2.75, 3.05) is 0 Å². The van der Waals surface area contributed by atoms with E-state index in [2.05, 4.69) is 9.97 Å². The first-order valence-corrected chi connectivity index (χ1v) is 7.84. The minimum Gasteiger partial charge on any atom is -0.258 e. The van der Waals surface area contributed by atoms with E-state index in [0.29, 0.717) is 21.2 Å². The molecule has 1 aromatic carbocycles. The van der Waals surface area contributed by atoms with E-state index in [1.54, 1.807) is 30.6 Å². The van der Waals surface area contributed by atoms with Crippen molar-refractivity contribution in [1.82, 2.24) is 9.97 Å². The Morgan fingerprint density at radius 2 is 1.64 bits per heavy atom. The van der Waals surface area contributed by atoms with Crippen LogP contribution in [0.2, 0.25) is 0 Å². The maximum Gasteiger partial charge on any atom is 0.290 e.